The van der Waals surface area contributed by atoms with E-state index in [1.54, 1.807) is 18.3 Å². The number of H-pyrrole nitrogens is 1. The summed E-state index contributed by atoms with van der Waals surface area (Å²) in [5.74, 6) is 1.74. The second-order valence-electron chi connectivity index (χ2n) is 8.94. The Hall–Kier alpha value is -3.95. The molecule has 9 heteroatoms. The number of nitrogens with two attached hydrogens (primary N) is 1. The summed E-state index contributed by atoms with van der Waals surface area (Å²) in [4.78, 5) is 28.8. The molecular formula is C27H31N7O2. The fraction of sp³-hybridized carbons (Fsp3) is 0.296. The van der Waals surface area contributed by atoms with Crippen LogP contribution in [0.2, 0.25) is 0 Å². The molecule has 1 aliphatic heterocycles. The number of fused-ring (bicyclic) bond motifs is 1. The second kappa shape index (κ2) is 11.2. The molecule has 4 aromatic rings. The van der Waals surface area contributed by atoms with E-state index in [1.807, 2.05) is 18.2 Å². The van der Waals surface area contributed by atoms with E-state index in [0.717, 1.165) is 69.1 Å². The Kier molecular flexibility index (Phi) is 7.39. The maximum absolute atomic E-state index is 11.2. The third-order valence-electron chi connectivity index (χ3n) is 6.41. The number of aromatic nitrogens is 3. The lowest BCUT2D eigenvalue weighted by molar-refractivity contribution is 0.127. The Morgan fingerprint density at radius 2 is 1.81 bits per heavy atom. The number of piperazine rings is 1. The average Bonchev–Trinajstić information content (AvgIpc) is 3.33. The number of hydrogen-bond acceptors (Lipinski definition) is 7. The number of carbonyl (C=O) groups excluding carboxylic acids is 1. The summed E-state index contributed by atoms with van der Waals surface area (Å²) in [5.41, 5.74) is 8.73. The van der Waals surface area contributed by atoms with Gasteiger partial charge in [0.2, 0.25) is 0 Å². The Morgan fingerprint density at radius 1 is 1.00 bits per heavy atom. The molecule has 1 amide bonds. The van der Waals surface area contributed by atoms with Crippen LogP contribution in [0.4, 0.5) is 10.6 Å². The molecule has 0 atom stereocenters. The number of nitrogens with one attached hydrogen (secondary N) is 2. The average molecular weight is 486 g/mol. The lowest BCUT2D eigenvalue weighted by Gasteiger charge is -2.34. The van der Waals surface area contributed by atoms with Gasteiger partial charge in [-0.05, 0) is 42.8 Å². The van der Waals surface area contributed by atoms with Crippen LogP contribution in [0, 0.1) is 0 Å². The standard InChI is InChI=1S/C27H31N7O2/c28-27(35)36-23-11-4-10-22-24(23)32-26(31-22)21-9-5-12-29-25(21)30-13-6-14-33-15-17-34(18-16-33)19-20-7-2-1-3-8-20/h1-5,7-12H,6,13-19H2,(H2,28,35)(H,29,30)(H,31,32). The summed E-state index contributed by atoms with van der Waals surface area (Å²) in [6.07, 6.45) is 1.92. The van der Waals surface area contributed by atoms with Gasteiger partial charge in [0.1, 0.15) is 17.2 Å². The number of carbonyl (C=O) groups is 1. The van der Waals surface area contributed by atoms with Crippen LogP contribution in [0.3, 0.4) is 0 Å². The molecule has 9 nitrogen and oxygen atoms in total. The lowest BCUT2D eigenvalue weighted by atomic mass is 10.2. The van der Waals surface area contributed by atoms with Gasteiger partial charge in [-0.2, -0.15) is 0 Å². The molecule has 1 saturated heterocycles. The van der Waals surface area contributed by atoms with Gasteiger partial charge in [0.05, 0.1) is 11.1 Å². The van der Waals surface area contributed by atoms with Gasteiger partial charge in [0, 0.05) is 45.5 Å². The number of primary amides is 1. The molecule has 3 heterocycles. The number of rotatable bonds is 9. The first kappa shape index (κ1) is 23.8. The first-order chi connectivity index (χ1) is 17.7. The molecule has 5 rings (SSSR count). The number of amides is 1. The first-order valence-electron chi connectivity index (χ1n) is 12.3. The number of pyridine rings is 1. The molecule has 2 aromatic heterocycles. The largest absolute Gasteiger partial charge is 0.410 e. The molecule has 4 N–H and O–H groups in total. The van der Waals surface area contributed by atoms with Crippen molar-refractivity contribution >= 4 is 22.9 Å². The summed E-state index contributed by atoms with van der Waals surface area (Å²) >= 11 is 0. The molecule has 0 radical (unpaired) electrons. The number of hydrogen-bond donors (Lipinski definition) is 3. The van der Waals surface area contributed by atoms with Crippen LogP contribution >= 0.6 is 0 Å². The first-order valence-corrected chi connectivity index (χ1v) is 12.3. The highest BCUT2D eigenvalue weighted by molar-refractivity contribution is 5.88. The van der Waals surface area contributed by atoms with Crippen molar-refractivity contribution in [3.05, 3.63) is 72.4 Å². The molecule has 0 aliphatic carbocycles. The monoisotopic (exact) mass is 485 g/mol. The number of para-hydroxylation sites is 1. The molecule has 1 aliphatic rings. The van der Waals surface area contributed by atoms with Crippen molar-refractivity contribution in [1.82, 2.24) is 24.8 Å². The minimum atomic E-state index is -0.867. The SMILES string of the molecule is NC(=O)Oc1cccc2[nH]c(-c3cccnc3NCCCN3CCN(Cc4ccccc4)CC3)nc12. The molecule has 2 aromatic carbocycles. The van der Waals surface area contributed by atoms with Gasteiger partial charge in [-0.25, -0.2) is 14.8 Å². The minimum absolute atomic E-state index is 0.324. The Bertz CT molecular complexity index is 1300. The van der Waals surface area contributed by atoms with Gasteiger partial charge in [0.15, 0.2) is 5.75 Å². The molecule has 0 unspecified atom stereocenters. The normalized spacial score (nSPS) is 14.7. The Balaban J connectivity index is 1.14. The van der Waals surface area contributed by atoms with Crippen molar-refractivity contribution in [2.75, 3.05) is 44.6 Å². The van der Waals surface area contributed by atoms with E-state index in [2.05, 4.69) is 60.4 Å². The number of aromatic amines is 1. The van der Waals surface area contributed by atoms with E-state index < -0.39 is 6.09 Å². The van der Waals surface area contributed by atoms with Crippen molar-refractivity contribution in [3.8, 4) is 17.1 Å². The van der Waals surface area contributed by atoms with Crippen molar-refractivity contribution in [2.24, 2.45) is 5.73 Å². The van der Waals surface area contributed by atoms with Gasteiger partial charge in [-0.1, -0.05) is 36.4 Å². The molecule has 0 spiro atoms. The number of anilines is 1. The van der Waals surface area contributed by atoms with Crippen LogP contribution in [0.1, 0.15) is 12.0 Å². The van der Waals surface area contributed by atoms with E-state index in [1.165, 1.54) is 5.56 Å². The van der Waals surface area contributed by atoms with E-state index in [9.17, 15) is 4.79 Å². The van der Waals surface area contributed by atoms with Crippen LogP contribution in [0.25, 0.3) is 22.4 Å². The molecule has 0 bridgehead atoms. The molecule has 36 heavy (non-hydrogen) atoms. The fourth-order valence-corrected chi connectivity index (χ4v) is 4.58. The summed E-state index contributed by atoms with van der Waals surface area (Å²) in [7, 11) is 0. The minimum Gasteiger partial charge on any atom is -0.408 e. The Morgan fingerprint density at radius 3 is 2.61 bits per heavy atom. The molecule has 1 fully saturated rings. The van der Waals surface area contributed by atoms with Crippen LogP contribution in [0.15, 0.2) is 66.9 Å². The van der Waals surface area contributed by atoms with E-state index in [0.29, 0.717) is 17.1 Å². The predicted octanol–water partition coefficient (Wildman–Crippen LogP) is 3.70. The van der Waals surface area contributed by atoms with Crippen molar-refractivity contribution in [3.63, 3.8) is 0 Å². The number of imidazole rings is 1. The zero-order valence-electron chi connectivity index (χ0n) is 20.2. The fourth-order valence-electron chi connectivity index (χ4n) is 4.58. The highest BCUT2D eigenvalue weighted by Gasteiger charge is 2.17. The van der Waals surface area contributed by atoms with Gasteiger partial charge in [-0.3, -0.25) is 4.90 Å². The summed E-state index contributed by atoms with van der Waals surface area (Å²) in [6.45, 7) is 7.26. The maximum Gasteiger partial charge on any atom is 0.410 e. The van der Waals surface area contributed by atoms with Crippen LogP contribution < -0.4 is 15.8 Å². The van der Waals surface area contributed by atoms with Crippen LogP contribution in [0.5, 0.6) is 5.75 Å². The second-order valence-corrected chi connectivity index (χ2v) is 8.94. The van der Waals surface area contributed by atoms with Crippen LogP contribution in [-0.4, -0.2) is 70.1 Å². The topological polar surface area (TPSA) is 112 Å². The number of nitrogens with zero attached hydrogens (tertiary/aromatic N) is 4. The summed E-state index contributed by atoms with van der Waals surface area (Å²) in [6, 6.07) is 19.8. The molecule has 0 saturated carbocycles. The lowest BCUT2D eigenvalue weighted by Crippen LogP contribution is -2.46. The van der Waals surface area contributed by atoms with Gasteiger partial charge >= 0.3 is 6.09 Å². The van der Waals surface area contributed by atoms with Gasteiger partial charge in [0.25, 0.3) is 0 Å². The van der Waals surface area contributed by atoms with Crippen molar-refractivity contribution < 1.29 is 9.53 Å². The van der Waals surface area contributed by atoms with E-state index in [4.69, 9.17) is 10.5 Å². The highest BCUT2D eigenvalue weighted by atomic mass is 16.5. The number of benzene rings is 2. The van der Waals surface area contributed by atoms with Crippen molar-refractivity contribution in [2.45, 2.75) is 13.0 Å². The molecular weight excluding hydrogens is 454 g/mol. The number of ether oxygens (including phenoxy) is 1. The third-order valence-corrected chi connectivity index (χ3v) is 6.41. The highest BCUT2D eigenvalue weighted by Crippen LogP contribution is 2.30. The molecule has 186 valence electrons. The van der Waals surface area contributed by atoms with E-state index >= 15 is 0 Å². The summed E-state index contributed by atoms with van der Waals surface area (Å²) < 4.78 is 5.10. The zero-order chi connectivity index (χ0) is 24.7. The maximum atomic E-state index is 11.2. The zero-order valence-corrected chi connectivity index (χ0v) is 20.2. The van der Waals surface area contributed by atoms with E-state index in [-0.39, 0.29) is 0 Å². The Labute approximate surface area is 210 Å². The van der Waals surface area contributed by atoms with Gasteiger partial charge < -0.3 is 25.7 Å². The van der Waals surface area contributed by atoms with Gasteiger partial charge in [-0.15, -0.1) is 0 Å². The smallest absolute Gasteiger partial charge is 0.408 e. The quantitative estimate of drug-likeness (QED) is 0.310. The summed E-state index contributed by atoms with van der Waals surface area (Å²) in [5, 5.41) is 3.47. The van der Waals surface area contributed by atoms with Crippen molar-refractivity contribution in [1.29, 1.82) is 0 Å². The third kappa shape index (κ3) is 5.81. The predicted molar refractivity (Wildman–Crippen MR) is 141 cm³/mol. The van der Waals surface area contributed by atoms with Crippen LogP contribution in [-0.2, 0) is 6.54 Å².